The lowest BCUT2D eigenvalue weighted by Crippen LogP contribution is -2.41. The molecule has 0 unspecified atom stereocenters. The lowest BCUT2D eigenvalue weighted by atomic mass is 9.54. The molecule has 1 nitrogen and oxygen atoms in total. The molecule has 0 spiro atoms. The van der Waals surface area contributed by atoms with Crippen molar-refractivity contribution >= 4 is 0 Å². The summed E-state index contributed by atoms with van der Waals surface area (Å²) in [6.07, 6.45) is 8.17. The smallest absolute Gasteiger partial charge is 0.115 e. The maximum atomic E-state index is 9.71. The maximum absolute atomic E-state index is 9.71. The van der Waals surface area contributed by atoms with Crippen molar-refractivity contribution in [2.24, 2.45) is 23.2 Å². The van der Waals surface area contributed by atoms with E-state index in [1.165, 1.54) is 44.1 Å². The average molecular weight is 300 g/mol. The quantitative estimate of drug-likeness (QED) is 0.631. The van der Waals surface area contributed by atoms with Crippen molar-refractivity contribution in [1.82, 2.24) is 0 Å². The van der Waals surface area contributed by atoms with Gasteiger partial charge in [0, 0.05) is 0 Å². The highest BCUT2D eigenvalue weighted by Gasteiger charge is 2.53. The molecule has 2 fully saturated rings. The van der Waals surface area contributed by atoms with E-state index in [2.05, 4.69) is 19.9 Å². The van der Waals surface area contributed by atoms with Crippen molar-refractivity contribution in [3.63, 3.8) is 0 Å². The fourth-order valence-corrected chi connectivity index (χ4v) is 5.83. The molecule has 4 rings (SSSR count). The molecule has 3 aliphatic rings. The van der Waals surface area contributed by atoms with Crippen LogP contribution in [0, 0.1) is 23.2 Å². The average Bonchev–Trinajstić information content (AvgIpc) is 2.84. The van der Waals surface area contributed by atoms with E-state index in [0.29, 0.717) is 11.2 Å². The summed E-state index contributed by atoms with van der Waals surface area (Å²) < 4.78 is 0. The second kappa shape index (κ2) is 5.91. The molecular weight excluding hydrogens is 268 g/mol. The van der Waals surface area contributed by atoms with Crippen LogP contribution < -0.4 is 0 Å². The summed E-state index contributed by atoms with van der Waals surface area (Å²) in [6.45, 7) is 9.05. The zero-order valence-electron chi connectivity index (χ0n) is 14.7. The molecule has 1 heteroatoms. The van der Waals surface area contributed by atoms with Gasteiger partial charge in [-0.15, -0.1) is 0 Å². The van der Waals surface area contributed by atoms with Crippen molar-refractivity contribution in [3.8, 4) is 5.75 Å². The lowest BCUT2D eigenvalue weighted by Gasteiger charge is -2.50. The first kappa shape index (κ1) is 15.9. The minimum absolute atomic E-state index is 0.442. The van der Waals surface area contributed by atoms with Crippen LogP contribution in [0.2, 0.25) is 0 Å². The number of aryl methyl sites for hydroxylation is 1. The van der Waals surface area contributed by atoms with Gasteiger partial charge in [0.15, 0.2) is 0 Å². The molecule has 1 aromatic rings. The third-order valence-electron chi connectivity index (χ3n) is 7.18. The SMILES string of the molecule is CC.C[C@H]1CC[C@H]2[C@@H]3CCc4cc(O)ccc4[C@H]3CC[C@]12C. The number of benzene rings is 1. The fourth-order valence-electron chi connectivity index (χ4n) is 5.83. The monoisotopic (exact) mass is 300 g/mol. The highest BCUT2D eigenvalue weighted by molar-refractivity contribution is 5.40. The highest BCUT2D eigenvalue weighted by atomic mass is 16.3. The van der Waals surface area contributed by atoms with Gasteiger partial charge in [-0.25, -0.2) is 0 Å². The third-order valence-corrected chi connectivity index (χ3v) is 7.18. The molecule has 0 saturated heterocycles. The molecule has 0 radical (unpaired) electrons. The zero-order chi connectivity index (χ0) is 15.9. The molecular formula is C21H32O. The molecule has 2 saturated carbocycles. The molecule has 0 bridgehead atoms. The molecule has 1 N–H and O–H groups in total. The second-order valence-electron chi connectivity index (χ2n) is 7.82. The largest absolute Gasteiger partial charge is 0.508 e. The summed E-state index contributed by atoms with van der Waals surface area (Å²) >= 11 is 0. The summed E-state index contributed by atoms with van der Waals surface area (Å²) in [5.74, 6) is 3.96. The van der Waals surface area contributed by atoms with Gasteiger partial charge in [0.2, 0.25) is 0 Å². The molecule has 0 aromatic heterocycles. The maximum Gasteiger partial charge on any atom is 0.115 e. The van der Waals surface area contributed by atoms with Gasteiger partial charge in [0.05, 0.1) is 0 Å². The number of hydrogen-bond acceptors (Lipinski definition) is 1. The number of fused-ring (bicyclic) bond motifs is 5. The molecule has 5 atom stereocenters. The van der Waals surface area contributed by atoms with Gasteiger partial charge in [0.1, 0.15) is 5.75 Å². The van der Waals surface area contributed by atoms with Crippen LogP contribution in [-0.2, 0) is 6.42 Å². The van der Waals surface area contributed by atoms with Crippen molar-refractivity contribution in [2.75, 3.05) is 0 Å². The fraction of sp³-hybridized carbons (Fsp3) is 0.714. The molecule has 1 aromatic carbocycles. The molecule has 0 aliphatic heterocycles. The first-order valence-electron chi connectivity index (χ1n) is 9.41. The van der Waals surface area contributed by atoms with E-state index >= 15 is 0 Å². The number of hydrogen-bond donors (Lipinski definition) is 1. The zero-order valence-corrected chi connectivity index (χ0v) is 14.7. The Labute approximate surface area is 136 Å². The van der Waals surface area contributed by atoms with Crippen LogP contribution in [-0.4, -0.2) is 5.11 Å². The van der Waals surface area contributed by atoms with Gasteiger partial charge in [-0.2, -0.15) is 0 Å². The summed E-state index contributed by atoms with van der Waals surface area (Å²) in [4.78, 5) is 0. The van der Waals surface area contributed by atoms with Gasteiger partial charge in [-0.3, -0.25) is 0 Å². The van der Waals surface area contributed by atoms with Crippen molar-refractivity contribution < 1.29 is 5.11 Å². The first-order chi connectivity index (χ1) is 10.6. The minimum Gasteiger partial charge on any atom is -0.508 e. The predicted molar refractivity (Wildman–Crippen MR) is 93.2 cm³/mol. The van der Waals surface area contributed by atoms with Crippen LogP contribution in [0.5, 0.6) is 5.75 Å². The van der Waals surface area contributed by atoms with Crippen LogP contribution in [0.15, 0.2) is 18.2 Å². The van der Waals surface area contributed by atoms with Crippen LogP contribution in [0.25, 0.3) is 0 Å². The van der Waals surface area contributed by atoms with Gasteiger partial charge >= 0.3 is 0 Å². The van der Waals surface area contributed by atoms with Gasteiger partial charge in [0.25, 0.3) is 0 Å². The Morgan fingerprint density at radius 3 is 2.64 bits per heavy atom. The van der Waals surface area contributed by atoms with E-state index in [-0.39, 0.29) is 0 Å². The second-order valence-corrected chi connectivity index (χ2v) is 7.82. The summed E-state index contributed by atoms with van der Waals surface area (Å²) in [5.41, 5.74) is 3.58. The van der Waals surface area contributed by atoms with E-state index in [1.54, 1.807) is 5.56 Å². The predicted octanol–water partition coefficient (Wildman–Crippen LogP) is 5.91. The van der Waals surface area contributed by atoms with Crippen molar-refractivity contribution in [2.45, 2.75) is 72.1 Å². The van der Waals surface area contributed by atoms with E-state index in [4.69, 9.17) is 0 Å². The Bertz CT molecular complexity index is 535. The van der Waals surface area contributed by atoms with Crippen LogP contribution in [0.3, 0.4) is 0 Å². The summed E-state index contributed by atoms with van der Waals surface area (Å²) in [5, 5.41) is 9.71. The summed E-state index contributed by atoms with van der Waals surface area (Å²) in [7, 11) is 0. The standard InChI is InChI=1S/C19H26O.C2H6/c1-12-3-8-18-17-6-4-13-11-14(20)5-7-15(13)16(17)9-10-19(12,18)2;1-2/h5,7,11-12,16-18,20H,3-4,6,8-10H2,1-2H3;1-2H3/t12-,16+,17+,18-,19+;/m0./s1. The highest BCUT2D eigenvalue weighted by Crippen LogP contribution is 2.62. The molecule has 0 heterocycles. The third kappa shape index (κ3) is 2.28. The van der Waals surface area contributed by atoms with Crippen LogP contribution >= 0.6 is 0 Å². The number of aromatic hydroxyl groups is 1. The Morgan fingerprint density at radius 1 is 1.09 bits per heavy atom. The summed E-state index contributed by atoms with van der Waals surface area (Å²) in [6, 6.07) is 6.12. The van der Waals surface area contributed by atoms with Crippen LogP contribution in [0.1, 0.15) is 76.8 Å². The van der Waals surface area contributed by atoms with Crippen LogP contribution in [0.4, 0.5) is 0 Å². The number of rotatable bonds is 0. The number of phenols is 1. The van der Waals surface area contributed by atoms with Crippen molar-refractivity contribution in [3.05, 3.63) is 29.3 Å². The molecule has 0 amide bonds. The Balaban J connectivity index is 0.000000693. The van der Waals surface area contributed by atoms with Crippen molar-refractivity contribution in [1.29, 1.82) is 0 Å². The minimum atomic E-state index is 0.442. The van der Waals surface area contributed by atoms with Gasteiger partial charge in [-0.05, 0) is 90.9 Å². The van der Waals surface area contributed by atoms with E-state index in [0.717, 1.165) is 23.7 Å². The van der Waals surface area contributed by atoms with E-state index in [1.807, 2.05) is 26.0 Å². The lowest BCUT2D eigenvalue weighted by molar-refractivity contribution is 0.0336. The Kier molecular flexibility index (Phi) is 4.27. The molecule has 22 heavy (non-hydrogen) atoms. The normalized spacial score (nSPS) is 39.1. The Hall–Kier alpha value is -0.980. The Morgan fingerprint density at radius 2 is 1.86 bits per heavy atom. The van der Waals surface area contributed by atoms with Gasteiger partial charge in [-0.1, -0.05) is 33.8 Å². The van der Waals surface area contributed by atoms with Gasteiger partial charge < -0.3 is 5.11 Å². The molecule has 3 aliphatic carbocycles. The van der Waals surface area contributed by atoms with E-state index in [9.17, 15) is 5.11 Å². The molecule has 122 valence electrons. The first-order valence-corrected chi connectivity index (χ1v) is 9.41. The number of phenolic OH excluding ortho intramolecular Hbond substituents is 1. The topological polar surface area (TPSA) is 20.2 Å². The van der Waals surface area contributed by atoms with E-state index < -0.39 is 0 Å².